The number of hydrogen-bond acceptors (Lipinski definition) is 4. The van der Waals surface area contributed by atoms with Crippen LogP contribution in [0.2, 0.25) is 0 Å². The topological polar surface area (TPSA) is 62.5 Å². The third kappa shape index (κ3) is 3.17. The second-order valence-corrected chi connectivity index (χ2v) is 5.60. The summed E-state index contributed by atoms with van der Waals surface area (Å²) < 4.78 is 37.5. The lowest BCUT2D eigenvalue weighted by atomic mass is 10.1. The largest absolute Gasteiger partial charge is 0.465 e. The fourth-order valence-electron chi connectivity index (χ4n) is 2.81. The van der Waals surface area contributed by atoms with E-state index in [0.29, 0.717) is 16.5 Å². The van der Waals surface area contributed by atoms with Crippen molar-refractivity contribution < 1.29 is 23.0 Å². The third-order valence-electron chi connectivity index (χ3n) is 4.09. The lowest BCUT2D eigenvalue weighted by Gasteiger charge is -2.14. The fraction of sp³-hybridized carbons (Fsp3) is 0.222. The van der Waals surface area contributed by atoms with Crippen LogP contribution in [0.4, 0.5) is 8.78 Å². The Kier molecular flexibility index (Phi) is 4.75. The summed E-state index contributed by atoms with van der Waals surface area (Å²) >= 11 is 0. The van der Waals surface area contributed by atoms with Crippen LogP contribution >= 0.6 is 0 Å². The van der Waals surface area contributed by atoms with Gasteiger partial charge >= 0.3 is 12.6 Å². The first kappa shape index (κ1) is 17.7. The van der Waals surface area contributed by atoms with Crippen LogP contribution in [0.1, 0.15) is 15.9 Å². The highest BCUT2D eigenvalue weighted by atomic mass is 19.3. The minimum Gasteiger partial charge on any atom is -0.465 e. The average molecular weight is 362 g/mol. The van der Waals surface area contributed by atoms with Crippen molar-refractivity contribution in [2.75, 3.05) is 7.11 Å². The van der Waals surface area contributed by atoms with Crippen LogP contribution in [-0.2, 0) is 18.3 Å². The van der Waals surface area contributed by atoms with Gasteiger partial charge < -0.3 is 9.47 Å². The zero-order valence-electron chi connectivity index (χ0n) is 14.1. The lowest BCUT2D eigenvalue weighted by Crippen LogP contribution is -2.20. The van der Waals surface area contributed by atoms with Crippen LogP contribution in [-0.4, -0.2) is 29.1 Å². The molecule has 26 heavy (non-hydrogen) atoms. The molecular weight excluding hydrogens is 346 g/mol. The number of carbonyl (C=O) groups excluding carboxylic acids is 1. The van der Waals surface area contributed by atoms with Gasteiger partial charge in [0.2, 0.25) is 0 Å². The molecule has 1 heterocycles. The normalized spacial score (nSPS) is 11.1. The number of ether oxygens (including phenoxy) is 2. The van der Waals surface area contributed by atoms with Gasteiger partial charge in [0.15, 0.2) is 0 Å². The predicted molar refractivity (Wildman–Crippen MR) is 90.7 cm³/mol. The molecule has 0 aliphatic rings. The highest BCUT2D eigenvalue weighted by Gasteiger charge is 2.16. The molecule has 0 bridgehead atoms. The van der Waals surface area contributed by atoms with E-state index >= 15 is 0 Å². The second-order valence-electron chi connectivity index (χ2n) is 5.60. The van der Waals surface area contributed by atoms with Crippen molar-refractivity contribution in [2.24, 2.45) is 7.05 Å². The van der Waals surface area contributed by atoms with E-state index in [4.69, 9.17) is 4.74 Å². The van der Waals surface area contributed by atoms with Crippen molar-refractivity contribution in [1.82, 2.24) is 9.36 Å². The molecule has 0 saturated heterocycles. The molecule has 0 radical (unpaired) electrons. The standard InChI is InChI=1S/C18H16F2N2O4/c1-21-16(23)13-8-7-11(17(24)25-2)9-14(13)22(21)10-12-5-3-4-6-15(12)26-18(19)20/h3-9,18H,10H2,1-2H3. The first-order chi connectivity index (χ1) is 12.4. The Balaban J connectivity index is 2.12. The van der Waals surface area contributed by atoms with Crippen molar-refractivity contribution in [3.8, 4) is 5.75 Å². The van der Waals surface area contributed by atoms with Gasteiger partial charge in [-0.25, -0.2) is 4.79 Å². The number of carbonyl (C=O) groups is 1. The molecule has 0 aliphatic carbocycles. The monoisotopic (exact) mass is 362 g/mol. The summed E-state index contributed by atoms with van der Waals surface area (Å²) in [5.74, 6) is -0.503. The van der Waals surface area contributed by atoms with Crippen LogP contribution < -0.4 is 10.3 Å². The van der Waals surface area contributed by atoms with E-state index < -0.39 is 12.6 Å². The summed E-state index contributed by atoms with van der Waals surface area (Å²) in [5, 5.41) is 0.410. The summed E-state index contributed by atoms with van der Waals surface area (Å²) in [4.78, 5) is 24.2. The molecule has 0 aliphatic heterocycles. The van der Waals surface area contributed by atoms with Gasteiger partial charge in [0.25, 0.3) is 5.56 Å². The fourth-order valence-corrected chi connectivity index (χ4v) is 2.81. The van der Waals surface area contributed by atoms with Crippen molar-refractivity contribution in [3.05, 3.63) is 63.9 Å². The maximum absolute atomic E-state index is 12.6. The Hall–Kier alpha value is -3.16. The van der Waals surface area contributed by atoms with Gasteiger partial charge in [0.05, 0.1) is 30.1 Å². The Labute approximate surface area is 147 Å². The molecule has 0 amide bonds. The number of aromatic nitrogens is 2. The second kappa shape index (κ2) is 6.99. The molecule has 0 spiro atoms. The Morgan fingerprint density at radius 2 is 1.92 bits per heavy atom. The van der Waals surface area contributed by atoms with Crippen LogP contribution in [0.15, 0.2) is 47.3 Å². The maximum Gasteiger partial charge on any atom is 0.387 e. The Morgan fingerprint density at radius 3 is 2.62 bits per heavy atom. The number of nitrogens with zero attached hydrogens (tertiary/aromatic N) is 2. The number of para-hydroxylation sites is 1. The van der Waals surface area contributed by atoms with Gasteiger partial charge in [-0.15, -0.1) is 0 Å². The zero-order valence-corrected chi connectivity index (χ0v) is 14.1. The third-order valence-corrected chi connectivity index (χ3v) is 4.09. The summed E-state index contributed by atoms with van der Waals surface area (Å²) in [6.45, 7) is -2.84. The molecule has 3 aromatic rings. The van der Waals surface area contributed by atoms with Gasteiger partial charge in [-0.2, -0.15) is 8.78 Å². The van der Waals surface area contributed by atoms with E-state index in [1.54, 1.807) is 42.1 Å². The molecule has 0 fully saturated rings. The van der Waals surface area contributed by atoms with Crippen molar-refractivity contribution in [3.63, 3.8) is 0 Å². The smallest absolute Gasteiger partial charge is 0.387 e. The van der Waals surface area contributed by atoms with Gasteiger partial charge in [-0.1, -0.05) is 18.2 Å². The quantitative estimate of drug-likeness (QED) is 0.655. The molecule has 3 rings (SSSR count). The summed E-state index contributed by atoms with van der Waals surface area (Å²) in [5.41, 5.74) is 0.996. The summed E-state index contributed by atoms with van der Waals surface area (Å²) in [7, 11) is 2.83. The number of hydrogen-bond donors (Lipinski definition) is 0. The van der Waals surface area contributed by atoms with Crippen molar-refractivity contribution in [1.29, 1.82) is 0 Å². The molecule has 0 unspecified atom stereocenters. The maximum atomic E-state index is 12.6. The number of rotatable bonds is 5. The Morgan fingerprint density at radius 1 is 1.19 bits per heavy atom. The summed E-state index contributed by atoms with van der Waals surface area (Å²) in [6, 6.07) is 10.9. The predicted octanol–water partition coefficient (Wildman–Crippen LogP) is 2.78. The number of esters is 1. The number of fused-ring (bicyclic) bond motifs is 1. The number of methoxy groups -OCH3 is 1. The van der Waals surface area contributed by atoms with Crippen molar-refractivity contribution >= 4 is 16.9 Å². The molecule has 0 N–H and O–H groups in total. The zero-order chi connectivity index (χ0) is 18.8. The van der Waals surface area contributed by atoms with Gasteiger partial charge in [-0.3, -0.25) is 14.2 Å². The molecule has 1 aromatic heterocycles. The molecule has 136 valence electrons. The first-order valence-corrected chi connectivity index (χ1v) is 7.73. The molecule has 0 saturated carbocycles. The highest BCUT2D eigenvalue weighted by molar-refractivity contribution is 5.94. The van der Waals surface area contributed by atoms with Gasteiger partial charge in [-0.05, 0) is 24.3 Å². The van der Waals surface area contributed by atoms with E-state index in [9.17, 15) is 18.4 Å². The van der Waals surface area contributed by atoms with Gasteiger partial charge in [0.1, 0.15) is 5.75 Å². The molecule has 6 nitrogen and oxygen atoms in total. The minimum absolute atomic E-state index is 0.0286. The number of halogens is 2. The van der Waals surface area contributed by atoms with E-state index in [2.05, 4.69) is 4.74 Å². The van der Waals surface area contributed by atoms with Crippen LogP contribution in [0.5, 0.6) is 5.75 Å². The van der Waals surface area contributed by atoms with E-state index in [1.165, 1.54) is 23.9 Å². The first-order valence-electron chi connectivity index (χ1n) is 7.73. The highest BCUT2D eigenvalue weighted by Crippen LogP contribution is 2.23. The number of benzene rings is 2. The minimum atomic E-state index is -2.95. The number of alkyl halides is 2. The van der Waals surface area contributed by atoms with Crippen LogP contribution in [0.25, 0.3) is 10.9 Å². The van der Waals surface area contributed by atoms with E-state index in [1.807, 2.05) is 0 Å². The van der Waals surface area contributed by atoms with E-state index in [-0.39, 0.29) is 23.4 Å². The summed E-state index contributed by atoms with van der Waals surface area (Å²) in [6.07, 6.45) is 0. The molecular formula is C18H16F2N2O4. The average Bonchev–Trinajstić information content (AvgIpc) is 2.86. The molecule has 0 atom stereocenters. The molecule has 8 heteroatoms. The lowest BCUT2D eigenvalue weighted by molar-refractivity contribution is -0.0505. The van der Waals surface area contributed by atoms with Crippen LogP contribution in [0.3, 0.4) is 0 Å². The SMILES string of the molecule is COC(=O)c1ccc2c(=O)n(C)n(Cc3ccccc3OC(F)F)c2c1. The van der Waals surface area contributed by atoms with Gasteiger partial charge in [0, 0.05) is 12.6 Å². The van der Waals surface area contributed by atoms with Crippen molar-refractivity contribution in [2.45, 2.75) is 13.2 Å². The van der Waals surface area contributed by atoms with E-state index in [0.717, 1.165) is 0 Å². The Bertz CT molecular complexity index is 1020. The van der Waals surface area contributed by atoms with Crippen LogP contribution in [0, 0.1) is 0 Å². The molecule has 2 aromatic carbocycles.